The topological polar surface area (TPSA) is 47.3 Å². The summed E-state index contributed by atoms with van der Waals surface area (Å²) in [6.07, 6.45) is 0. The van der Waals surface area contributed by atoms with Gasteiger partial charge in [-0.05, 0) is 23.8 Å². The highest BCUT2D eigenvalue weighted by molar-refractivity contribution is 6.30. The van der Waals surface area contributed by atoms with E-state index in [0.717, 1.165) is 22.0 Å². The van der Waals surface area contributed by atoms with Crippen molar-refractivity contribution in [3.05, 3.63) is 53.1 Å². The first-order valence-corrected chi connectivity index (χ1v) is 5.98. The van der Waals surface area contributed by atoms with Gasteiger partial charge in [0, 0.05) is 35.1 Å². The van der Waals surface area contributed by atoms with Gasteiger partial charge < -0.3 is 15.8 Å². The minimum Gasteiger partial charge on any atom is -0.497 e. The summed E-state index contributed by atoms with van der Waals surface area (Å²) in [5.74, 6) is 0.744. The molecule has 0 spiro atoms. The standard InChI is InChI=1S/C14H15ClN2O/c1-18-14-7-12(16)6-13(8-14)17-9-10-2-4-11(15)5-3-10/h2-8,17H,9,16H2,1H3. The number of benzene rings is 2. The van der Waals surface area contributed by atoms with Crippen molar-refractivity contribution in [1.82, 2.24) is 0 Å². The molecule has 0 unspecified atom stereocenters. The number of nitrogens with one attached hydrogen (secondary N) is 1. The summed E-state index contributed by atoms with van der Waals surface area (Å²) in [4.78, 5) is 0. The minimum atomic E-state index is 0.674. The fourth-order valence-corrected chi connectivity index (χ4v) is 1.77. The zero-order valence-electron chi connectivity index (χ0n) is 10.1. The second-order valence-electron chi connectivity index (χ2n) is 3.97. The third kappa shape index (κ3) is 3.31. The summed E-state index contributed by atoms with van der Waals surface area (Å²) in [6.45, 7) is 0.712. The first-order chi connectivity index (χ1) is 8.67. The van der Waals surface area contributed by atoms with Crippen LogP contribution in [0.1, 0.15) is 5.56 Å². The van der Waals surface area contributed by atoms with Crippen LogP contribution in [0, 0.1) is 0 Å². The molecular formula is C14H15ClN2O. The van der Waals surface area contributed by atoms with Crippen molar-refractivity contribution in [2.24, 2.45) is 0 Å². The molecule has 0 aliphatic carbocycles. The lowest BCUT2D eigenvalue weighted by atomic mass is 10.2. The average Bonchev–Trinajstić information content (AvgIpc) is 2.37. The Bertz CT molecular complexity index is 526. The van der Waals surface area contributed by atoms with Crippen LogP contribution in [0.5, 0.6) is 5.75 Å². The van der Waals surface area contributed by atoms with E-state index < -0.39 is 0 Å². The van der Waals surface area contributed by atoms with Gasteiger partial charge in [-0.2, -0.15) is 0 Å². The lowest BCUT2D eigenvalue weighted by Gasteiger charge is -2.09. The van der Waals surface area contributed by atoms with Gasteiger partial charge in [0.25, 0.3) is 0 Å². The van der Waals surface area contributed by atoms with Crippen molar-refractivity contribution in [1.29, 1.82) is 0 Å². The Morgan fingerprint density at radius 1 is 1.17 bits per heavy atom. The highest BCUT2D eigenvalue weighted by Gasteiger charge is 1.99. The Hall–Kier alpha value is -1.87. The van der Waals surface area contributed by atoms with Gasteiger partial charge in [-0.25, -0.2) is 0 Å². The van der Waals surface area contributed by atoms with E-state index in [-0.39, 0.29) is 0 Å². The maximum absolute atomic E-state index is 5.84. The number of halogens is 1. The molecule has 94 valence electrons. The molecule has 0 amide bonds. The van der Waals surface area contributed by atoms with Gasteiger partial charge in [0.15, 0.2) is 0 Å². The molecule has 0 heterocycles. The number of ether oxygens (including phenoxy) is 1. The lowest BCUT2D eigenvalue weighted by Crippen LogP contribution is -2.00. The number of nitrogen functional groups attached to an aromatic ring is 1. The van der Waals surface area contributed by atoms with E-state index in [1.165, 1.54) is 0 Å². The molecule has 18 heavy (non-hydrogen) atoms. The van der Waals surface area contributed by atoms with Gasteiger partial charge in [-0.1, -0.05) is 23.7 Å². The largest absolute Gasteiger partial charge is 0.497 e. The zero-order valence-corrected chi connectivity index (χ0v) is 10.9. The monoisotopic (exact) mass is 262 g/mol. The Balaban J connectivity index is 2.05. The third-order valence-electron chi connectivity index (χ3n) is 2.57. The Labute approximate surface area is 112 Å². The molecule has 0 saturated carbocycles. The predicted molar refractivity (Wildman–Crippen MR) is 76.2 cm³/mol. The Morgan fingerprint density at radius 2 is 1.89 bits per heavy atom. The molecule has 3 N–H and O–H groups in total. The number of anilines is 2. The molecule has 4 heteroatoms. The van der Waals surface area contributed by atoms with Crippen LogP contribution in [0.4, 0.5) is 11.4 Å². The summed E-state index contributed by atoms with van der Waals surface area (Å²) in [6, 6.07) is 13.3. The molecule has 0 aromatic heterocycles. The SMILES string of the molecule is COc1cc(N)cc(NCc2ccc(Cl)cc2)c1. The van der Waals surface area contributed by atoms with Crippen LogP contribution >= 0.6 is 11.6 Å². The minimum absolute atomic E-state index is 0.674. The number of methoxy groups -OCH3 is 1. The summed E-state index contributed by atoms with van der Waals surface area (Å²) < 4.78 is 5.17. The second-order valence-corrected chi connectivity index (χ2v) is 4.41. The molecule has 0 saturated heterocycles. The van der Waals surface area contributed by atoms with Gasteiger partial charge in [-0.15, -0.1) is 0 Å². The van der Waals surface area contributed by atoms with Crippen molar-refractivity contribution in [3.63, 3.8) is 0 Å². The van der Waals surface area contributed by atoms with E-state index in [9.17, 15) is 0 Å². The van der Waals surface area contributed by atoms with Crippen molar-refractivity contribution < 1.29 is 4.74 Å². The Morgan fingerprint density at radius 3 is 2.56 bits per heavy atom. The van der Waals surface area contributed by atoms with Crippen LogP contribution in [0.2, 0.25) is 5.02 Å². The highest BCUT2D eigenvalue weighted by Crippen LogP contribution is 2.22. The second kappa shape index (κ2) is 5.65. The van der Waals surface area contributed by atoms with Gasteiger partial charge in [0.1, 0.15) is 5.75 Å². The van der Waals surface area contributed by atoms with Crippen LogP contribution in [0.25, 0.3) is 0 Å². The number of nitrogens with two attached hydrogens (primary N) is 1. The smallest absolute Gasteiger partial charge is 0.122 e. The maximum Gasteiger partial charge on any atom is 0.122 e. The molecule has 0 aliphatic rings. The molecule has 3 nitrogen and oxygen atoms in total. The summed E-state index contributed by atoms with van der Waals surface area (Å²) >= 11 is 5.84. The lowest BCUT2D eigenvalue weighted by molar-refractivity contribution is 0.415. The number of hydrogen-bond acceptors (Lipinski definition) is 3. The molecule has 2 rings (SSSR count). The van der Waals surface area contributed by atoms with E-state index in [1.54, 1.807) is 13.2 Å². The van der Waals surface area contributed by atoms with E-state index in [0.29, 0.717) is 12.2 Å². The molecular weight excluding hydrogens is 248 g/mol. The van der Waals surface area contributed by atoms with Crippen molar-refractivity contribution in [2.45, 2.75) is 6.54 Å². The maximum atomic E-state index is 5.84. The van der Waals surface area contributed by atoms with E-state index in [2.05, 4.69) is 5.32 Å². The number of hydrogen-bond donors (Lipinski definition) is 2. The molecule has 0 aliphatic heterocycles. The van der Waals surface area contributed by atoms with Crippen molar-refractivity contribution in [2.75, 3.05) is 18.2 Å². The zero-order chi connectivity index (χ0) is 13.0. The van der Waals surface area contributed by atoms with Gasteiger partial charge in [0.2, 0.25) is 0 Å². The van der Waals surface area contributed by atoms with Crippen molar-refractivity contribution in [3.8, 4) is 5.75 Å². The molecule has 2 aromatic rings. The summed E-state index contributed by atoms with van der Waals surface area (Å²) in [5, 5.41) is 4.03. The molecule has 0 bridgehead atoms. The predicted octanol–water partition coefficient (Wildman–Crippen LogP) is 3.54. The van der Waals surface area contributed by atoms with E-state index in [1.807, 2.05) is 36.4 Å². The summed E-state index contributed by atoms with van der Waals surface area (Å²) in [5.41, 5.74) is 8.55. The molecule has 0 fully saturated rings. The average molecular weight is 263 g/mol. The Kier molecular flexibility index (Phi) is 3.95. The molecule has 0 radical (unpaired) electrons. The first kappa shape index (κ1) is 12.6. The van der Waals surface area contributed by atoms with Crippen LogP contribution in [0.15, 0.2) is 42.5 Å². The normalized spacial score (nSPS) is 10.1. The van der Waals surface area contributed by atoms with Crippen LogP contribution in [-0.4, -0.2) is 7.11 Å². The van der Waals surface area contributed by atoms with Crippen LogP contribution < -0.4 is 15.8 Å². The van der Waals surface area contributed by atoms with Crippen LogP contribution in [0.3, 0.4) is 0 Å². The van der Waals surface area contributed by atoms with E-state index >= 15 is 0 Å². The number of rotatable bonds is 4. The summed E-state index contributed by atoms with van der Waals surface area (Å²) in [7, 11) is 1.62. The molecule has 0 atom stereocenters. The molecule has 2 aromatic carbocycles. The van der Waals surface area contributed by atoms with Gasteiger partial charge in [-0.3, -0.25) is 0 Å². The quantitative estimate of drug-likeness (QED) is 0.829. The van der Waals surface area contributed by atoms with Crippen LogP contribution in [-0.2, 0) is 6.54 Å². The van der Waals surface area contributed by atoms with Gasteiger partial charge >= 0.3 is 0 Å². The van der Waals surface area contributed by atoms with E-state index in [4.69, 9.17) is 22.1 Å². The van der Waals surface area contributed by atoms with Gasteiger partial charge in [0.05, 0.1) is 7.11 Å². The fraction of sp³-hybridized carbons (Fsp3) is 0.143. The van der Waals surface area contributed by atoms with Crippen molar-refractivity contribution >= 4 is 23.0 Å². The fourth-order valence-electron chi connectivity index (χ4n) is 1.65. The third-order valence-corrected chi connectivity index (χ3v) is 2.83. The highest BCUT2D eigenvalue weighted by atomic mass is 35.5. The first-order valence-electron chi connectivity index (χ1n) is 5.60.